The molecule has 0 aliphatic carbocycles. The third-order valence-corrected chi connectivity index (χ3v) is 6.41. The SMILES string of the molecule is CN1CCN(c2ccc(N3CCN(C(=O)c4ccc5nsnc5c4)CC3)nn2)CC1. The summed E-state index contributed by atoms with van der Waals surface area (Å²) in [6.45, 7) is 6.87. The van der Waals surface area contributed by atoms with Crippen molar-refractivity contribution in [2.24, 2.45) is 0 Å². The van der Waals surface area contributed by atoms with Crippen LogP contribution in [0.4, 0.5) is 11.6 Å². The first-order valence-electron chi connectivity index (χ1n) is 10.2. The number of benzene rings is 1. The summed E-state index contributed by atoms with van der Waals surface area (Å²) in [7, 11) is 2.14. The Kier molecular flexibility index (Phi) is 5.17. The molecule has 2 aliphatic rings. The summed E-state index contributed by atoms with van der Waals surface area (Å²) in [6, 6.07) is 9.63. The van der Waals surface area contributed by atoms with E-state index in [-0.39, 0.29) is 5.91 Å². The molecule has 0 saturated carbocycles. The van der Waals surface area contributed by atoms with Gasteiger partial charge in [0.15, 0.2) is 11.6 Å². The number of piperazine rings is 2. The summed E-state index contributed by atoms with van der Waals surface area (Å²) in [5.74, 6) is 1.85. The predicted octanol–water partition coefficient (Wildman–Crippen LogP) is 1.20. The quantitative estimate of drug-likeness (QED) is 0.620. The minimum Gasteiger partial charge on any atom is -0.353 e. The maximum Gasteiger partial charge on any atom is 0.254 e. The van der Waals surface area contributed by atoms with E-state index in [9.17, 15) is 4.79 Å². The molecule has 30 heavy (non-hydrogen) atoms. The third-order valence-electron chi connectivity index (χ3n) is 5.86. The molecule has 1 amide bonds. The molecule has 0 radical (unpaired) electrons. The van der Waals surface area contributed by atoms with Gasteiger partial charge in [0, 0.05) is 57.9 Å². The van der Waals surface area contributed by atoms with E-state index >= 15 is 0 Å². The molecule has 2 aliphatic heterocycles. The van der Waals surface area contributed by atoms with Crippen LogP contribution in [0.15, 0.2) is 30.3 Å². The minimum absolute atomic E-state index is 0.0426. The molecule has 5 rings (SSSR count). The molecule has 2 saturated heterocycles. The number of nitrogens with zero attached hydrogens (tertiary/aromatic N) is 8. The molecule has 10 heteroatoms. The van der Waals surface area contributed by atoms with E-state index < -0.39 is 0 Å². The second-order valence-electron chi connectivity index (χ2n) is 7.79. The van der Waals surface area contributed by atoms with Gasteiger partial charge < -0.3 is 19.6 Å². The second kappa shape index (κ2) is 8.11. The van der Waals surface area contributed by atoms with E-state index in [1.807, 2.05) is 29.2 Å². The van der Waals surface area contributed by atoms with Crippen LogP contribution in [0.25, 0.3) is 11.0 Å². The van der Waals surface area contributed by atoms with Crippen molar-refractivity contribution in [3.05, 3.63) is 35.9 Å². The molecule has 3 aromatic rings. The maximum absolute atomic E-state index is 12.9. The Labute approximate surface area is 179 Å². The minimum atomic E-state index is 0.0426. The van der Waals surface area contributed by atoms with Crippen LogP contribution in [0, 0.1) is 0 Å². The van der Waals surface area contributed by atoms with Gasteiger partial charge in [0.05, 0.1) is 11.7 Å². The van der Waals surface area contributed by atoms with Crippen LogP contribution in [0.2, 0.25) is 0 Å². The lowest BCUT2D eigenvalue weighted by atomic mass is 10.1. The first-order valence-corrected chi connectivity index (χ1v) is 10.9. The van der Waals surface area contributed by atoms with E-state index in [4.69, 9.17) is 0 Å². The van der Waals surface area contributed by atoms with Gasteiger partial charge in [0.1, 0.15) is 11.0 Å². The lowest BCUT2D eigenvalue weighted by Gasteiger charge is -2.36. The van der Waals surface area contributed by atoms with Crippen LogP contribution in [0.3, 0.4) is 0 Å². The van der Waals surface area contributed by atoms with Crippen molar-refractivity contribution in [3.63, 3.8) is 0 Å². The highest BCUT2D eigenvalue weighted by molar-refractivity contribution is 7.00. The van der Waals surface area contributed by atoms with E-state index in [0.29, 0.717) is 18.7 Å². The van der Waals surface area contributed by atoms with Crippen molar-refractivity contribution < 1.29 is 4.79 Å². The number of anilines is 2. The van der Waals surface area contributed by atoms with Crippen LogP contribution in [0.1, 0.15) is 10.4 Å². The second-order valence-corrected chi connectivity index (χ2v) is 8.32. The highest BCUT2D eigenvalue weighted by atomic mass is 32.1. The van der Waals surface area contributed by atoms with Gasteiger partial charge in [-0.15, -0.1) is 10.2 Å². The fraction of sp³-hybridized carbons (Fsp3) is 0.450. The summed E-state index contributed by atoms with van der Waals surface area (Å²) in [4.78, 5) is 21.6. The fourth-order valence-corrected chi connectivity index (χ4v) is 4.44. The summed E-state index contributed by atoms with van der Waals surface area (Å²) in [6.07, 6.45) is 0. The number of carbonyl (C=O) groups excluding carboxylic acids is 1. The van der Waals surface area contributed by atoms with Gasteiger partial charge in [-0.05, 0) is 37.4 Å². The van der Waals surface area contributed by atoms with E-state index in [1.54, 1.807) is 0 Å². The Morgan fingerprint density at radius 3 is 2.03 bits per heavy atom. The number of likely N-dealkylation sites (N-methyl/N-ethyl adjacent to an activating group) is 1. The number of amides is 1. The number of hydrogen-bond donors (Lipinski definition) is 0. The molecule has 0 unspecified atom stereocenters. The van der Waals surface area contributed by atoms with Gasteiger partial charge in [0.2, 0.25) is 0 Å². The molecule has 0 bridgehead atoms. The number of fused-ring (bicyclic) bond motifs is 1. The molecule has 0 atom stereocenters. The zero-order valence-corrected chi connectivity index (χ0v) is 17.8. The number of aromatic nitrogens is 4. The van der Waals surface area contributed by atoms with E-state index in [1.165, 1.54) is 11.7 Å². The largest absolute Gasteiger partial charge is 0.353 e. The maximum atomic E-state index is 12.9. The van der Waals surface area contributed by atoms with Crippen LogP contribution in [-0.2, 0) is 0 Å². The third kappa shape index (κ3) is 3.80. The average molecular weight is 425 g/mol. The summed E-state index contributed by atoms with van der Waals surface area (Å²) in [5, 5.41) is 8.91. The number of hydrogen-bond acceptors (Lipinski definition) is 9. The van der Waals surface area contributed by atoms with Crippen LogP contribution in [0.5, 0.6) is 0 Å². The molecule has 0 spiro atoms. The first kappa shape index (κ1) is 19.1. The van der Waals surface area contributed by atoms with Crippen molar-refractivity contribution in [1.29, 1.82) is 0 Å². The Bertz CT molecular complexity index is 1020. The summed E-state index contributed by atoms with van der Waals surface area (Å²) >= 11 is 1.17. The van der Waals surface area contributed by atoms with Gasteiger partial charge in [-0.25, -0.2) is 0 Å². The molecular formula is C20H24N8OS. The highest BCUT2D eigenvalue weighted by Gasteiger charge is 2.24. The average Bonchev–Trinajstić information content (AvgIpc) is 3.27. The Morgan fingerprint density at radius 1 is 0.800 bits per heavy atom. The monoisotopic (exact) mass is 424 g/mol. The lowest BCUT2D eigenvalue weighted by molar-refractivity contribution is 0.0746. The topological polar surface area (TPSA) is 81.6 Å². The molecule has 156 valence electrons. The van der Waals surface area contributed by atoms with Crippen molar-refractivity contribution in [3.8, 4) is 0 Å². The fourth-order valence-electron chi connectivity index (χ4n) is 3.93. The zero-order chi connectivity index (χ0) is 20.5. The smallest absolute Gasteiger partial charge is 0.254 e. The normalized spacial score (nSPS) is 18.2. The van der Waals surface area contributed by atoms with E-state index in [0.717, 1.165) is 61.9 Å². The molecule has 2 fully saturated rings. The van der Waals surface area contributed by atoms with Crippen LogP contribution >= 0.6 is 11.7 Å². The van der Waals surface area contributed by atoms with Gasteiger partial charge in [-0.3, -0.25) is 4.79 Å². The molecule has 1 aromatic carbocycles. The Balaban J connectivity index is 1.19. The predicted molar refractivity (Wildman–Crippen MR) is 117 cm³/mol. The van der Waals surface area contributed by atoms with Gasteiger partial charge >= 0.3 is 0 Å². The molecule has 9 nitrogen and oxygen atoms in total. The lowest BCUT2D eigenvalue weighted by Crippen LogP contribution is -2.49. The van der Waals surface area contributed by atoms with Crippen molar-refractivity contribution in [1.82, 2.24) is 28.7 Å². The molecule has 2 aromatic heterocycles. The zero-order valence-electron chi connectivity index (χ0n) is 16.9. The number of rotatable bonds is 3. The van der Waals surface area contributed by atoms with Gasteiger partial charge in [-0.2, -0.15) is 8.75 Å². The van der Waals surface area contributed by atoms with Crippen LogP contribution < -0.4 is 9.80 Å². The highest BCUT2D eigenvalue weighted by Crippen LogP contribution is 2.19. The van der Waals surface area contributed by atoms with Gasteiger partial charge in [0.25, 0.3) is 5.91 Å². The van der Waals surface area contributed by atoms with Crippen molar-refractivity contribution in [2.75, 3.05) is 69.2 Å². The standard InChI is InChI=1S/C20H24N8OS/c1-25-6-8-26(9-7-25)18-4-5-19(22-21-18)27-10-12-28(13-11-27)20(29)15-2-3-16-17(14-15)24-30-23-16/h2-5,14H,6-13H2,1H3. The first-order chi connectivity index (χ1) is 14.7. The van der Waals surface area contributed by atoms with Crippen molar-refractivity contribution in [2.45, 2.75) is 0 Å². The Morgan fingerprint density at radius 2 is 1.40 bits per heavy atom. The summed E-state index contributed by atoms with van der Waals surface area (Å²) in [5.41, 5.74) is 2.28. The summed E-state index contributed by atoms with van der Waals surface area (Å²) < 4.78 is 8.43. The van der Waals surface area contributed by atoms with Crippen molar-refractivity contribution >= 4 is 40.3 Å². The molecule has 0 N–H and O–H groups in total. The van der Waals surface area contributed by atoms with Gasteiger partial charge in [-0.1, -0.05) is 0 Å². The van der Waals surface area contributed by atoms with Crippen LogP contribution in [-0.4, -0.2) is 94.1 Å². The Hall–Kier alpha value is -2.85. The van der Waals surface area contributed by atoms with E-state index in [2.05, 4.69) is 46.8 Å². The molecule has 4 heterocycles. The molecular weight excluding hydrogens is 400 g/mol. The number of carbonyl (C=O) groups is 1.